The average molecular weight is 261 g/mol. The van der Waals surface area contributed by atoms with E-state index in [2.05, 4.69) is 49.0 Å². The van der Waals surface area contributed by atoms with Crippen molar-refractivity contribution >= 4 is 0 Å². The summed E-state index contributed by atoms with van der Waals surface area (Å²) in [5.74, 6) is 1.59. The minimum atomic E-state index is 0.688. The third-order valence-electron chi connectivity index (χ3n) is 4.99. The normalized spacial score (nSPS) is 31.4. The summed E-state index contributed by atoms with van der Waals surface area (Å²) in [5, 5.41) is 3.37. The first-order valence-electron chi connectivity index (χ1n) is 7.71. The molecule has 1 aliphatic heterocycles. The van der Waals surface area contributed by atoms with E-state index in [1.807, 2.05) is 0 Å². The van der Waals surface area contributed by atoms with Crippen molar-refractivity contribution < 1.29 is 0 Å². The first-order valence-corrected chi connectivity index (χ1v) is 7.71. The fourth-order valence-electron chi connectivity index (χ4n) is 3.77. The van der Waals surface area contributed by atoms with E-state index in [1.165, 1.54) is 43.9 Å². The number of hydrogen-bond donors (Lipinski definition) is 1. The molecule has 2 atom stereocenters. The molecular formula is C16H27N3. The zero-order valence-electron chi connectivity index (χ0n) is 12.7. The monoisotopic (exact) mass is 261 g/mol. The van der Waals surface area contributed by atoms with Gasteiger partial charge in [-0.2, -0.15) is 0 Å². The highest BCUT2D eigenvalue weighted by molar-refractivity contribution is 5.40. The highest BCUT2D eigenvalue weighted by Gasteiger charge is 2.47. The number of allylic oxidation sites excluding steroid dienone is 4. The van der Waals surface area contributed by atoms with Crippen LogP contribution in [0, 0.1) is 11.8 Å². The van der Waals surface area contributed by atoms with Gasteiger partial charge < -0.3 is 10.2 Å². The van der Waals surface area contributed by atoms with Crippen LogP contribution in [-0.2, 0) is 0 Å². The molecule has 0 aromatic heterocycles. The quantitative estimate of drug-likeness (QED) is 0.839. The molecule has 1 N–H and O–H groups in total. The molecule has 3 nitrogen and oxygen atoms in total. The van der Waals surface area contributed by atoms with Crippen LogP contribution in [0.15, 0.2) is 23.0 Å². The standard InChI is InChI=1S/C16H27N3/c1-11(2)18-5-7-19(8-6-18)16-12(3)9-15(17-4)13-10-14(13)16/h9,11,13-14,17H,5-8,10H2,1-4H3/t13-,14?/m0/s1. The summed E-state index contributed by atoms with van der Waals surface area (Å²) in [5.41, 5.74) is 4.58. The van der Waals surface area contributed by atoms with Crippen LogP contribution in [0.5, 0.6) is 0 Å². The molecule has 0 amide bonds. The van der Waals surface area contributed by atoms with Gasteiger partial charge in [-0.15, -0.1) is 0 Å². The molecule has 3 aliphatic rings. The molecule has 3 heteroatoms. The van der Waals surface area contributed by atoms with Crippen LogP contribution < -0.4 is 5.32 Å². The highest BCUT2D eigenvalue weighted by Crippen LogP contribution is 2.52. The second-order valence-electron chi connectivity index (χ2n) is 6.48. The lowest BCUT2D eigenvalue weighted by molar-refractivity contribution is 0.125. The molecule has 1 saturated heterocycles. The lowest BCUT2D eigenvalue weighted by Crippen LogP contribution is -2.49. The van der Waals surface area contributed by atoms with Gasteiger partial charge >= 0.3 is 0 Å². The van der Waals surface area contributed by atoms with Gasteiger partial charge in [-0.1, -0.05) is 0 Å². The van der Waals surface area contributed by atoms with E-state index in [-0.39, 0.29) is 0 Å². The maximum absolute atomic E-state index is 3.37. The van der Waals surface area contributed by atoms with Crippen LogP contribution in [0.1, 0.15) is 27.2 Å². The molecule has 1 saturated carbocycles. The van der Waals surface area contributed by atoms with Crippen LogP contribution in [0.2, 0.25) is 0 Å². The molecular weight excluding hydrogens is 234 g/mol. The second-order valence-corrected chi connectivity index (χ2v) is 6.48. The minimum absolute atomic E-state index is 0.688. The molecule has 106 valence electrons. The largest absolute Gasteiger partial charge is 0.391 e. The van der Waals surface area contributed by atoms with Gasteiger partial charge in [0.25, 0.3) is 0 Å². The second kappa shape index (κ2) is 4.86. The summed E-state index contributed by atoms with van der Waals surface area (Å²) in [4.78, 5) is 5.25. The first-order chi connectivity index (χ1) is 9.11. The van der Waals surface area contributed by atoms with Crippen LogP contribution >= 0.6 is 0 Å². The van der Waals surface area contributed by atoms with Gasteiger partial charge in [0.05, 0.1) is 0 Å². The van der Waals surface area contributed by atoms with Gasteiger partial charge in [0.1, 0.15) is 0 Å². The molecule has 19 heavy (non-hydrogen) atoms. The number of nitrogens with zero attached hydrogens (tertiary/aromatic N) is 2. The summed E-state index contributed by atoms with van der Waals surface area (Å²) < 4.78 is 0. The third-order valence-corrected chi connectivity index (χ3v) is 4.99. The summed E-state index contributed by atoms with van der Waals surface area (Å²) >= 11 is 0. The zero-order chi connectivity index (χ0) is 13.6. The Morgan fingerprint density at radius 3 is 2.42 bits per heavy atom. The Hall–Kier alpha value is -0.960. The van der Waals surface area contributed by atoms with Crippen molar-refractivity contribution in [2.45, 2.75) is 33.2 Å². The van der Waals surface area contributed by atoms with Crippen LogP contribution in [-0.4, -0.2) is 49.1 Å². The Morgan fingerprint density at radius 2 is 1.84 bits per heavy atom. The highest BCUT2D eigenvalue weighted by atomic mass is 15.3. The van der Waals surface area contributed by atoms with Crippen LogP contribution in [0.25, 0.3) is 0 Å². The van der Waals surface area contributed by atoms with Crippen molar-refractivity contribution in [1.82, 2.24) is 15.1 Å². The summed E-state index contributed by atoms with van der Waals surface area (Å²) in [7, 11) is 2.06. The van der Waals surface area contributed by atoms with Crippen LogP contribution in [0.3, 0.4) is 0 Å². The van der Waals surface area contributed by atoms with Gasteiger partial charge in [-0.05, 0) is 38.8 Å². The summed E-state index contributed by atoms with van der Waals surface area (Å²) in [6, 6.07) is 0.688. The fourth-order valence-corrected chi connectivity index (χ4v) is 3.77. The summed E-state index contributed by atoms with van der Waals surface area (Å²) in [6.45, 7) is 11.7. The van der Waals surface area contributed by atoms with Crippen molar-refractivity contribution in [1.29, 1.82) is 0 Å². The Balaban J connectivity index is 1.72. The SMILES string of the molecule is CNC1=CC(C)=C(N2CCN(C(C)C)CC2)C2C[C@H]12. The smallest absolute Gasteiger partial charge is 0.0303 e. The molecule has 0 aromatic rings. The number of hydrogen-bond acceptors (Lipinski definition) is 3. The van der Waals surface area contributed by atoms with E-state index in [4.69, 9.17) is 0 Å². The van der Waals surface area contributed by atoms with E-state index in [9.17, 15) is 0 Å². The third kappa shape index (κ3) is 2.29. The Morgan fingerprint density at radius 1 is 1.16 bits per heavy atom. The predicted molar refractivity (Wildman–Crippen MR) is 79.7 cm³/mol. The van der Waals surface area contributed by atoms with Crippen molar-refractivity contribution in [3.8, 4) is 0 Å². The van der Waals surface area contributed by atoms with Gasteiger partial charge in [0.15, 0.2) is 0 Å². The van der Waals surface area contributed by atoms with E-state index >= 15 is 0 Å². The fraction of sp³-hybridized carbons (Fsp3) is 0.750. The molecule has 0 spiro atoms. The zero-order valence-corrected chi connectivity index (χ0v) is 12.7. The molecule has 1 unspecified atom stereocenters. The Labute approximate surface area is 117 Å². The summed E-state index contributed by atoms with van der Waals surface area (Å²) in [6.07, 6.45) is 3.72. The van der Waals surface area contributed by atoms with Gasteiger partial charge in [-0.25, -0.2) is 0 Å². The average Bonchev–Trinajstić information content (AvgIpc) is 3.18. The number of nitrogens with one attached hydrogen (secondary N) is 1. The molecule has 0 radical (unpaired) electrons. The van der Waals surface area contributed by atoms with Gasteiger partial charge in [0.2, 0.25) is 0 Å². The van der Waals surface area contributed by atoms with E-state index in [0.29, 0.717) is 6.04 Å². The lowest BCUT2D eigenvalue weighted by atomic mass is 10.00. The van der Waals surface area contributed by atoms with Crippen molar-refractivity contribution in [3.63, 3.8) is 0 Å². The van der Waals surface area contributed by atoms with E-state index in [1.54, 1.807) is 5.70 Å². The van der Waals surface area contributed by atoms with Gasteiger partial charge in [-0.3, -0.25) is 4.90 Å². The van der Waals surface area contributed by atoms with Crippen molar-refractivity contribution in [3.05, 3.63) is 23.0 Å². The topological polar surface area (TPSA) is 18.5 Å². The first kappa shape index (κ1) is 13.0. The molecule has 0 aromatic carbocycles. The molecule has 2 fully saturated rings. The minimum Gasteiger partial charge on any atom is -0.391 e. The molecule has 3 rings (SSSR count). The Kier molecular flexibility index (Phi) is 3.34. The number of fused-ring (bicyclic) bond motifs is 1. The molecule has 1 heterocycles. The van der Waals surface area contributed by atoms with Crippen LogP contribution in [0.4, 0.5) is 0 Å². The van der Waals surface area contributed by atoms with Gasteiger partial charge in [0, 0.05) is 62.5 Å². The molecule has 2 aliphatic carbocycles. The predicted octanol–water partition coefficient (Wildman–Crippen LogP) is 2.04. The maximum Gasteiger partial charge on any atom is 0.0303 e. The van der Waals surface area contributed by atoms with E-state index < -0.39 is 0 Å². The van der Waals surface area contributed by atoms with Crippen molar-refractivity contribution in [2.75, 3.05) is 33.2 Å². The lowest BCUT2D eigenvalue weighted by Gasteiger charge is -2.40. The Bertz CT molecular complexity index is 414. The van der Waals surface area contributed by atoms with E-state index in [0.717, 1.165) is 11.8 Å². The number of piperazine rings is 1. The van der Waals surface area contributed by atoms with Crippen molar-refractivity contribution in [2.24, 2.45) is 11.8 Å². The maximum atomic E-state index is 3.37. The number of rotatable bonds is 3. The molecule has 0 bridgehead atoms.